The van der Waals surface area contributed by atoms with Crippen LogP contribution in [-0.4, -0.2) is 23.3 Å². The van der Waals surface area contributed by atoms with Crippen LogP contribution in [0.3, 0.4) is 0 Å². The van der Waals surface area contributed by atoms with Crippen molar-refractivity contribution in [3.8, 4) is 0 Å². The summed E-state index contributed by atoms with van der Waals surface area (Å²) in [5.41, 5.74) is -0.558. The Morgan fingerprint density at radius 1 is 1.33 bits per heavy atom. The van der Waals surface area contributed by atoms with Crippen LogP contribution < -0.4 is 0 Å². The molecule has 3 heteroatoms. The molecule has 0 amide bonds. The summed E-state index contributed by atoms with van der Waals surface area (Å²) in [6.45, 7) is 9.74. The molecule has 1 unspecified atom stereocenters. The van der Waals surface area contributed by atoms with Gasteiger partial charge in [-0.25, -0.2) is 0 Å². The Morgan fingerprint density at radius 2 is 1.87 bits per heavy atom. The minimum absolute atomic E-state index is 0.0405. The average molecular weight is 216 g/mol. The van der Waals surface area contributed by atoms with Gasteiger partial charge in [-0.3, -0.25) is 4.79 Å². The zero-order valence-electron chi connectivity index (χ0n) is 10.5. The molecule has 0 aliphatic rings. The monoisotopic (exact) mass is 216 g/mol. The predicted octanol–water partition coefficient (Wildman–Crippen LogP) is 2.37. The molecule has 1 N–H and O–H groups in total. The maximum Gasteiger partial charge on any atom is 0.309 e. The molecule has 0 aliphatic carbocycles. The summed E-state index contributed by atoms with van der Waals surface area (Å²) in [5, 5.41) is 8.81. The van der Waals surface area contributed by atoms with Crippen molar-refractivity contribution in [1.29, 1.82) is 0 Å². The predicted molar refractivity (Wildman–Crippen MR) is 60.5 cm³/mol. The summed E-state index contributed by atoms with van der Waals surface area (Å²) in [6, 6.07) is 0. The Labute approximate surface area is 92.8 Å². The quantitative estimate of drug-likeness (QED) is 0.693. The maximum atomic E-state index is 11.7. The number of carbonyl (C=O) groups is 1. The number of hydrogen-bond donors (Lipinski definition) is 1. The van der Waals surface area contributed by atoms with E-state index in [-0.39, 0.29) is 18.5 Å². The van der Waals surface area contributed by atoms with Crippen LogP contribution in [0.2, 0.25) is 0 Å². The van der Waals surface area contributed by atoms with E-state index < -0.39 is 5.60 Å². The van der Waals surface area contributed by atoms with E-state index >= 15 is 0 Å². The molecule has 0 bridgehead atoms. The lowest BCUT2D eigenvalue weighted by Gasteiger charge is -2.26. The molecule has 0 rings (SSSR count). The molecular formula is C12H24O3. The Bertz CT molecular complexity index is 197. The van der Waals surface area contributed by atoms with Crippen molar-refractivity contribution in [1.82, 2.24) is 0 Å². The summed E-state index contributed by atoms with van der Waals surface area (Å²) in [5.74, 6) is 0.263. The lowest BCUT2D eigenvalue weighted by atomic mass is 9.98. The van der Waals surface area contributed by atoms with Gasteiger partial charge in [-0.05, 0) is 26.2 Å². The van der Waals surface area contributed by atoms with Gasteiger partial charge >= 0.3 is 5.97 Å². The van der Waals surface area contributed by atoms with Gasteiger partial charge in [0.15, 0.2) is 0 Å². The molecule has 1 atom stereocenters. The van der Waals surface area contributed by atoms with E-state index in [0.29, 0.717) is 12.3 Å². The summed E-state index contributed by atoms with van der Waals surface area (Å²) in [4.78, 5) is 11.7. The van der Waals surface area contributed by atoms with E-state index in [1.165, 1.54) is 0 Å². The van der Waals surface area contributed by atoms with Crippen molar-refractivity contribution in [2.75, 3.05) is 6.61 Å². The van der Waals surface area contributed by atoms with Crippen LogP contribution in [-0.2, 0) is 9.53 Å². The first-order chi connectivity index (χ1) is 6.78. The highest BCUT2D eigenvalue weighted by molar-refractivity contribution is 5.72. The number of rotatable bonds is 6. The second-order valence-electron chi connectivity index (χ2n) is 5.18. The maximum absolute atomic E-state index is 11.7. The largest absolute Gasteiger partial charge is 0.459 e. The minimum atomic E-state index is -0.558. The van der Waals surface area contributed by atoms with E-state index in [2.05, 4.69) is 13.8 Å². The Balaban J connectivity index is 4.11. The van der Waals surface area contributed by atoms with Crippen LogP contribution in [0.25, 0.3) is 0 Å². The lowest BCUT2D eigenvalue weighted by molar-refractivity contribution is -0.162. The Hall–Kier alpha value is -0.570. The van der Waals surface area contributed by atoms with Crippen LogP contribution in [0.1, 0.15) is 47.5 Å². The van der Waals surface area contributed by atoms with Gasteiger partial charge in [0.2, 0.25) is 0 Å². The topological polar surface area (TPSA) is 46.5 Å². The molecule has 0 aromatic carbocycles. The zero-order chi connectivity index (χ0) is 12.1. The van der Waals surface area contributed by atoms with E-state index in [4.69, 9.17) is 9.84 Å². The fourth-order valence-corrected chi connectivity index (χ4v) is 1.50. The van der Waals surface area contributed by atoms with Gasteiger partial charge in [-0.2, -0.15) is 0 Å². The fraction of sp³-hybridized carbons (Fsp3) is 0.917. The summed E-state index contributed by atoms with van der Waals surface area (Å²) in [7, 11) is 0. The second kappa shape index (κ2) is 6.11. The molecule has 0 saturated carbocycles. The number of ether oxygens (including phenoxy) is 1. The van der Waals surface area contributed by atoms with E-state index in [1.54, 1.807) is 0 Å². The molecule has 90 valence electrons. The molecule has 0 aromatic heterocycles. The molecule has 0 heterocycles. The molecule has 0 saturated heterocycles. The number of hydrogen-bond acceptors (Lipinski definition) is 3. The highest BCUT2D eigenvalue weighted by atomic mass is 16.6. The van der Waals surface area contributed by atoms with Crippen LogP contribution in [0.5, 0.6) is 0 Å². The summed E-state index contributed by atoms with van der Waals surface area (Å²) < 4.78 is 5.34. The number of aliphatic hydroxyl groups excluding tert-OH is 1. The third kappa shape index (κ3) is 6.50. The lowest BCUT2D eigenvalue weighted by Crippen LogP contribution is -2.32. The molecular weight excluding hydrogens is 192 g/mol. The van der Waals surface area contributed by atoms with Crippen LogP contribution in [0.4, 0.5) is 0 Å². The number of carbonyl (C=O) groups excluding carboxylic acids is 1. The zero-order valence-corrected chi connectivity index (χ0v) is 10.5. The highest BCUT2D eigenvalue weighted by Crippen LogP contribution is 2.19. The van der Waals surface area contributed by atoms with Crippen molar-refractivity contribution < 1.29 is 14.6 Å². The van der Waals surface area contributed by atoms with Gasteiger partial charge in [-0.15, -0.1) is 0 Å². The smallest absolute Gasteiger partial charge is 0.309 e. The molecule has 0 spiro atoms. The first kappa shape index (κ1) is 14.4. The molecule has 3 nitrogen and oxygen atoms in total. The van der Waals surface area contributed by atoms with Crippen LogP contribution in [0, 0.1) is 11.8 Å². The third-order valence-electron chi connectivity index (χ3n) is 2.32. The molecule has 15 heavy (non-hydrogen) atoms. The molecule has 0 radical (unpaired) electrons. The summed E-state index contributed by atoms with van der Waals surface area (Å²) >= 11 is 0. The standard InChI is InChI=1S/C12H24O3/c1-9(2)8-10(3)11(14)15-12(4,5)6-7-13/h9-10,13H,6-8H2,1-5H3. The van der Waals surface area contributed by atoms with E-state index in [9.17, 15) is 4.79 Å². The van der Waals surface area contributed by atoms with Gasteiger partial charge in [0.05, 0.1) is 5.92 Å². The SMILES string of the molecule is CC(C)CC(C)C(=O)OC(C)(C)CCO. The van der Waals surface area contributed by atoms with Crippen molar-refractivity contribution in [2.45, 2.75) is 53.1 Å². The normalized spacial score (nSPS) is 14.1. The van der Waals surface area contributed by atoms with Crippen molar-refractivity contribution in [2.24, 2.45) is 11.8 Å². The van der Waals surface area contributed by atoms with Gasteiger partial charge in [-0.1, -0.05) is 20.8 Å². The first-order valence-electron chi connectivity index (χ1n) is 5.62. The third-order valence-corrected chi connectivity index (χ3v) is 2.32. The van der Waals surface area contributed by atoms with Crippen molar-refractivity contribution >= 4 is 5.97 Å². The number of aliphatic hydroxyl groups is 1. The van der Waals surface area contributed by atoms with Crippen molar-refractivity contribution in [3.63, 3.8) is 0 Å². The van der Waals surface area contributed by atoms with Gasteiger partial charge in [0, 0.05) is 13.0 Å². The average Bonchev–Trinajstić information content (AvgIpc) is 2.01. The number of esters is 1. The summed E-state index contributed by atoms with van der Waals surface area (Å²) in [6.07, 6.45) is 1.32. The van der Waals surface area contributed by atoms with Gasteiger partial charge in [0.1, 0.15) is 5.60 Å². The van der Waals surface area contributed by atoms with Crippen LogP contribution >= 0.6 is 0 Å². The van der Waals surface area contributed by atoms with E-state index in [1.807, 2.05) is 20.8 Å². The van der Waals surface area contributed by atoms with Crippen molar-refractivity contribution in [3.05, 3.63) is 0 Å². The molecule has 0 aliphatic heterocycles. The Morgan fingerprint density at radius 3 is 2.27 bits per heavy atom. The van der Waals surface area contributed by atoms with E-state index in [0.717, 1.165) is 6.42 Å². The second-order valence-corrected chi connectivity index (χ2v) is 5.18. The Kier molecular flexibility index (Phi) is 5.88. The molecule has 0 aromatic rings. The van der Waals surface area contributed by atoms with Crippen LogP contribution in [0.15, 0.2) is 0 Å². The van der Waals surface area contributed by atoms with Gasteiger partial charge in [0.25, 0.3) is 0 Å². The highest BCUT2D eigenvalue weighted by Gasteiger charge is 2.25. The first-order valence-corrected chi connectivity index (χ1v) is 5.62. The minimum Gasteiger partial charge on any atom is -0.459 e. The van der Waals surface area contributed by atoms with Gasteiger partial charge < -0.3 is 9.84 Å². The molecule has 0 fully saturated rings. The fourth-order valence-electron chi connectivity index (χ4n) is 1.50.